The van der Waals surface area contributed by atoms with Gasteiger partial charge in [0, 0.05) is 13.1 Å². The Morgan fingerprint density at radius 3 is 2.35 bits per heavy atom. The summed E-state index contributed by atoms with van der Waals surface area (Å²) >= 11 is 0. The summed E-state index contributed by atoms with van der Waals surface area (Å²) in [5.41, 5.74) is 6.48. The maximum absolute atomic E-state index is 7.50. The molecule has 5 nitrogen and oxygen atoms in total. The Morgan fingerprint density at radius 2 is 1.88 bits per heavy atom. The van der Waals surface area contributed by atoms with Gasteiger partial charge in [0.25, 0.3) is 0 Å². The molecule has 17 heavy (non-hydrogen) atoms. The van der Waals surface area contributed by atoms with Gasteiger partial charge in [0.05, 0.1) is 6.21 Å². The Balaban J connectivity index is 2.80. The van der Waals surface area contributed by atoms with Crippen LogP contribution in [-0.2, 0) is 0 Å². The van der Waals surface area contributed by atoms with Crippen LogP contribution < -0.4 is 5.73 Å². The molecule has 5 heteroatoms. The lowest BCUT2D eigenvalue weighted by Crippen LogP contribution is -2.46. The average molecular weight is 233 g/mol. The van der Waals surface area contributed by atoms with Crippen molar-refractivity contribution in [2.45, 2.75) is 13.8 Å². The van der Waals surface area contributed by atoms with Crippen LogP contribution >= 0.6 is 0 Å². The van der Waals surface area contributed by atoms with Gasteiger partial charge in [-0.1, -0.05) is 44.2 Å². The van der Waals surface area contributed by atoms with Crippen molar-refractivity contribution in [3.05, 3.63) is 35.9 Å². The molecular formula is C12H19N5. The zero-order valence-electron chi connectivity index (χ0n) is 10.3. The zero-order chi connectivity index (χ0) is 12.7. The highest BCUT2D eigenvalue weighted by molar-refractivity contribution is 5.81. The summed E-state index contributed by atoms with van der Waals surface area (Å²) < 4.78 is 0. The molecule has 0 heterocycles. The average Bonchev–Trinajstić information content (AvgIpc) is 2.35. The predicted molar refractivity (Wildman–Crippen MR) is 70.7 cm³/mol. The maximum atomic E-state index is 7.50. The number of guanidine groups is 1. The second kappa shape index (κ2) is 6.65. The van der Waals surface area contributed by atoms with Crippen LogP contribution in [0.15, 0.2) is 35.4 Å². The topological polar surface area (TPSA) is 68.7 Å². The molecular weight excluding hydrogens is 214 g/mol. The largest absolute Gasteiger partial charge is 0.367 e. The van der Waals surface area contributed by atoms with E-state index < -0.39 is 0 Å². The molecule has 3 N–H and O–H groups in total. The van der Waals surface area contributed by atoms with Gasteiger partial charge >= 0.3 is 0 Å². The Bertz CT molecular complexity index is 370. The molecule has 0 saturated heterocycles. The van der Waals surface area contributed by atoms with Crippen LogP contribution in [0.4, 0.5) is 0 Å². The number of nitrogens with two attached hydrogens (primary N) is 1. The third-order valence-corrected chi connectivity index (χ3v) is 2.33. The van der Waals surface area contributed by atoms with Gasteiger partial charge in [-0.3, -0.25) is 5.41 Å². The van der Waals surface area contributed by atoms with E-state index >= 15 is 0 Å². The summed E-state index contributed by atoms with van der Waals surface area (Å²) in [4.78, 5) is 0. The molecule has 0 aliphatic heterocycles. The number of hydrogen-bond acceptors (Lipinski definition) is 3. The first kappa shape index (κ1) is 13.2. The fourth-order valence-corrected chi connectivity index (χ4v) is 1.44. The minimum absolute atomic E-state index is 0.0825. The van der Waals surface area contributed by atoms with E-state index in [1.807, 2.05) is 49.2 Å². The number of nitrogens with one attached hydrogen (secondary N) is 1. The molecule has 0 saturated carbocycles. The fourth-order valence-electron chi connectivity index (χ4n) is 1.44. The normalized spacial score (nSPS) is 11.0. The Labute approximate surface area is 102 Å². The fraction of sp³-hybridized carbons (Fsp3) is 0.333. The molecule has 0 aliphatic rings. The van der Waals surface area contributed by atoms with Crippen molar-refractivity contribution >= 4 is 12.2 Å². The zero-order valence-corrected chi connectivity index (χ0v) is 10.3. The Kier molecular flexibility index (Phi) is 5.16. The van der Waals surface area contributed by atoms with Crippen LogP contribution in [0.1, 0.15) is 19.4 Å². The van der Waals surface area contributed by atoms with Gasteiger partial charge in [-0.25, -0.2) is 0 Å². The van der Waals surface area contributed by atoms with Crippen LogP contribution in [0.5, 0.6) is 0 Å². The van der Waals surface area contributed by atoms with Gasteiger partial charge in [-0.05, 0) is 5.56 Å². The highest BCUT2D eigenvalue weighted by Gasteiger charge is 2.11. The minimum atomic E-state index is -0.0825. The molecule has 1 rings (SSSR count). The molecule has 0 atom stereocenters. The molecule has 1 aromatic carbocycles. The molecule has 1 aromatic rings. The summed E-state index contributed by atoms with van der Waals surface area (Å²) in [5, 5.41) is 15.0. The Hall–Kier alpha value is -1.88. The molecule has 0 amide bonds. The van der Waals surface area contributed by atoms with Crippen LogP contribution in [-0.4, -0.2) is 35.4 Å². The van der Waals surface area contributed by atoms with Crippen LogP contribution in [0, 0.1) is 5.41 Å². The maximum Gasteiger partial charge on any atom is 0.225 e. The van der Waals surface area contributed by atoms with E-state index in [0.717, 1.165) is 18.7 Å². The van der Waals surface area contributed by atoms with Gasteiger partial charge in [-0.2, -0.15) is 15.2 Å². The van der Waals surface area contributed by atoms with E-state index in [9.17, 15) is 0 Å². The van der Waals surface area contributed by atoms with Gasteiger partial charge in [0.1, 0.15) is 0 Å². The lowest BCUT2D eigenvalue weighted by Gasteiger charge is -2.28. The molecule has 0 unspecified atom stereocenters. The van der Waals surface area contributed by atoms with E-state index in [0.29, 0.717) is 0 Å². The molecule has 0 fully saturated rings. The molecule has 0 aromatic heterocycles. The minimum Gasteiger partial charge on any atom is -0.367 e. The molecule has 0 spiro atoms. The number of hydrogen-bond donors (Lipinski definition) is 2. The van der Waals surface area contributed by atoms with E-state index in [1.54, 1.807) is 6.21 Å². The van der Waals surface area contributed by atoms with Crippen molar-refractivity contribution in [2.24, 2.45) is 10.8 Å². The van der Waals surface area contributed by atoms with Crippen molar-refractivity contribution in [2.75, 3.05) is 13.1 Å². The summed E-state index contributed by atoms with van der Waals surface area (Å²) in [6.07, 6.45) is 1.69. The second-order valence-electron chi connectivity index (χ2n) is 3.47. The van der Waals surface area contributed by atoms with Crippen molar-refractivity contribution in [3.63, 3.8) is 0 Å². The highest BCUT2D eigenvalue weighted by Crippen LogP contribution is 2.00. The van der Waals surface area contributed by atoms with Crippen LogP contribution in [0.25, 0.3) is 0 Å². The van der Waals surface area contributed by atoms with E-state index in [1.165, 1.54) is 5.12 Å². The smallest absolute Gasteiger partial charge is 0.225 e. The predicted octanol–water partition coefficient (Wildman–Crippen LogP) is 1.47. The van der Waals surface area contributed by atoms with E-state index in [4.69, 9.17) is 11.1 Å². The van der Waals surface area contributed by atoms with Crippen molar-refractivity contribution in [1.82, 2.24) is 10.1 Å². The SMILES string of the molecule is CCN(CC)N(/N=C/c1ccccc1)C(=N)N. The first-order valence-electron chi connectivity index (χ1n) is 5.67. The first-order valence-corrected chi connectivity index (χ1v) is 5.67. The highest BCUT2D eigenvalue weighted by atomic mass is 15.8. The number of rotatable bonds is 5. The van der Waals surface area contributed by atoms with Crippen molar-refractivity contribution < 1.29 is 0 Å². The van der Waals surface area contributed by atoms with E-state index in [2.05, 4.69) is 5.10 Å². The standard InChI is InChI=1S/C12H19N5/c1-3-16(4-2)17(12(13)14)15-10-11-8-6-5-7-9-11/h5-10H,3-4H2,1-2H3,(H3,13,14)/b15-10+. The van der Waals surface area contributed by atoms with Crippen molar-refractivity contribution in [3.8, 4) is 0 Å². The lowest BCUT2D eigenvalue weighted by atomic mass is 10.2. The monoisotopic (exact) mass is 233 g/mol. The van der Waals surface area contributed by atoms with Gasteiger partial charge in [0.15, 0.2) is 0 Å². The third kappa shape index (κ3) is 3.88. The van der Waals surface area contributed by atoms with Gasteiger partial charge in [0.2, 0.25) is 5.96 Å². The third-order valence-electron chi connectivity index (χ3n) is 2.33. The number of nitrogens with zero attached hydrogens (tertiary/aromatic N) is 3. The summed E-state index contributed by atoms with van der Waals surface area (Å²) in [5.74, 6) is -0.0825. The molecule has 0 radical (unpaired) electrons. The molecule has 0 bridgehead atoms. The number of hydrazone groups is 1. The van der Waals surface area contributed by atoms with Crippen LogP contribution in [0.3, 0.4) is 0 Å². The summed E-state index contributed by atoms with van der Waals surface area (Å²) in [7, 11) is 0. The lowest BCUT2D eigenvalue weighted by molar-refractivity contribution is 0.0581. The Morgan fingerprint density at radius 1 is 1.29 bits per heavy atom. The second-order valence-corrected chi connectivity index (χ2v) is 3.47. The van der Waals surface area contributed by atoms with Crippen LogP contribution in [0.2, 0.25) is 0 Å². The van der Waals surface area contributed by atoms with Crippen molar-refractivity contribution in [1.29, 1.82) is 5.41 Å². The summed E-state index contributed by atoms with van der Waals surface area (Å²) in [6.45, 7) is 5.50. The van der Waals surface area contributed by atoms with E-state index in [-0.39, 0.29) is 5.96 Å². The molecule has 0 aliphatic carbocycles. The van der Waals surface area contributed by atoms with Gasteiger partial charge in [-0.15, -0.1) is 0 Å². The van der Waals surface area contributed by atoms with Gasteiger partial charge < -0.3 is 5.73 Å². The first-order chi connectivity index (χ1) is 8.19. The summed E-state index contributed by atoms with van der Waals surface area (Å²) in [6, 6.07) is 9.73. The molecule has 92 valence electrons. The number of hydrazine groups is 1. The quantitative estimate of drug-likeness (QED) is 0.460. The number of benzene rings is 1.